The molecule has 0 bridgehead atoms. The molecule has 0 amide bonds. The molecule has 3 rings (SSSR count). The van der Waals surface area contributed by atoms with Crippen LogP contribution >= 0.6 is 0 Å². The molecule has 0 fully saturated rings. The maximum atomic E-state index is 11.1. The van der Waals surface area contributed by atoms with Crippen LogP contribution < -0.4 is 0 Å². The molecule has 1 aromatic heterocycles. The van der Waals surface area contributed by atoms with Crippen LogP contribution in [0.15, 0.2) is 57.6 Å². The number of furan rings is 1. The molecule has 1 aliphatic rings. The van der Waals surface area contributed by atoms with Crippen LogP contribution in [0.25, 0.3) is 17.0 Å². The van der Waals surface area contributed by atoms with Gasteiger partial charge in [-0.15, -0.1) is 0 Å². The molecule has 3 nitrogen and oxygen atoms in total. The second kappa shape index (κ2) is 6.99. The molecule has 2 aromatic rings. The first-order valence-electron chi connectivity index (χ1n) is 9.10. The Balaban J connectivity index is 1.85. The molecular weight excluding hydrogens is 324 g/mol. The largest absolute Gasteiger partial charge is 0.478 e. The van der Waals surface area contributed by atoms with E-state index in [1.54, 1.807) is 18.2 Å². The number of allylic oxidation sites excluding steroid dienone is 5. The first kappa shape index (κ1) is 18.2. The third-order valence-electron chi connectivity index (χ3n) is 5.21. The van der Waals surface area contributed by atoms with Gasteiger partial charge in [0.1, 0.15) is 11.3 Å². The number of carboxylic acid groups (broad SMARTS) is 1. The summed E-state index contributed by atoms with van der Waals surface area (Å²) in [5, 5.41) is 9.99. The average molecular weight is 350 g/mol. The van der Waals surface area contributed by atoms with E-state index in [4.69, 9.17) is 9.52 Å². The third kappa shape index (κ3) is 3.82. The lowest BCUT2D eigenvalue weighted by atomic mass is 9.72. The van der Waals surface area contributed by atoms with Crippen LogP contribution in [0.1, 0.15) is 63.1 Å². The van der Waals surface area contributed by atoms with Gasteiger partial charge in [0.2, 0.25) is 0 Å². The summed E-state index contributed by atoms with van der Waals surface area (Å²) >= 11 is 0. The summed E-state index contributed by atoms with van der Waals surface area (Å²) in [7, 11) is 0. The lowest BCUT2D eigenvalue weighted by Crippen LogP contribution is -2.19. The molecule has 136 valence electrons. The number of carbonyl (C=O) groups is 1. The van der Waals surface area contributed by atoms with Gasteiger partial charge in [-0.1, -0.05) is 37.6 Å². The summed E-state index contributed by atoms with van der Waals surface area (Å²) in [6.45, 7) is 8.92. The Kier molecular flexibility index (Phi) is 4.90. The fourth-order valence-corrected chi connectivity index (χ4v) is 3.75. The van der Waals surface area contributed by atoms with E-state index in [1.165, 1.54) is 30.4 Å². The fraction of sp³-hybridized carbons (Fsp3) is 0.348. The summed E-state index contributed by atoms with van der Waals surface area (Å²) < 4.78 is 5.80. The number of aromatic carboxylic acids is 1. The molecule has 0 saturated heterocycles. The number of benzene rings is 1. The van der Waals surface area contributed by atoms with E-state index in [1.807, 2.05) is 12.1 Å². The molecule has 26 heavy (non-hydrogen) atoms. The lowest BCUT2D eigenvalue weighted by molar-refractivity contribution is 0.0697. The minimum atomic E-state index is -0.946. The normalized spacial score (nSPS) is 18.1. The maximum absolute atomic E-state index is 11.1. The fourth-order valence-electron chi connectivity index (χ4n) is 3.75. The van der Waals surface area contributed by atoms with Crippen LogP contribution in [0.5, 0.6) is 0 Å². The first-order chi connectivity index (χ1) is 12.3. The van der Waals surface area contributed by atoms with Crippen molar-refractivity contribution in [3.8, 4) is 0 Å². The van der Waals surface area contributed by atoms with Crippen LogP contribution in [0.3, 0.4) is 0 Å². The van der Waals surface area contributed by atoms with Gasteiger partial charge in [0.15, 0.2) is 0 Å². The molecule has 0 radical (unpaired) electrons. The Morgan fingerprint density at radius 2 is 2.04 bits per heavy atom. The summed E-state index contributed by atoms with van der Waals surface area (Å²) in [5.41, 5.74) is 5.08. The van der Waals surface area contributed by atoms with Crippen molar-refractivity contribution in [1.29, 1.82) is 0 Å². The summed E-state index contributed by atoms with van der Waals surface area (Å²) in [6.07, 6.45) is 10.0. The van der Waals surface area contributed by atoms with Crippen LogP contribution in [0.4, 0.5) is 0 Å². The molecule has 3 heteroatoms. The molecule has 1 N–H and O–H groups in total. The predicted molar refractivity (Wildman–Crippen MR) is 106 cm³/mol. The van der Waals surface area contributed by atoms with Gasteiger partial charge in [0, 0.05) is 5.39 Å². The summed E-state index contributed by atoms with van der Waals surface area (Å²) in [5.74, 6) is -0.212. The highest BCUT2D eigenvalue weighted by Crippen LogP contribution is 2.40. The number of hydrogen-bond acceptors (Lipinski definition) is 2. The van der Waals surface area contributed by atoms with E-state index in [0.29, 0.717) is 5.58 Å². The molecule has 1 heterocycles. The van der Waals surface area contributed by atoms with Gasteiger partial charge >= 0.3 is 5.97 Å². The zero-order chi connectivity index (χ0) is 18.9. The van der Waals surface area contributed by atoms with Crippen LogP contribution in [-0.2, 0) is 0 Å². The number of rotatable bonds is 4. The van der Waals surface area contributed by atoms with Crippen molar-refractivity contribution in [2.75, 3.05) is 0 Å². The highest BCUT2D eigenvalue weighted by atomic mass is 16.4. The van der Waals surface area contributed by atoms with Crippen LogP contribution in [-0.4, -0.2) is 11.1 Å². The third-order valence-corrected chi connectivity index (χ3v) is 5.21. The maximum Gasteiger partial charge on any atom is 0.335 e. The van der Waals surface area contributed by atoms with Gasteiger partial charge in [0.05, 0.1) is 5.56 Å². The van der Waals surface area contributed by atoms with Crippen molar-refractivity contribution >= 4 is 23.0 Å². The summed E-state index contributed by atoms with van der Waals surface area (Å²) in [6, 6.07) is 6.89. The summed E-state index contributed by atoms with van der Waals surface area (Å²) in [4.78, 5) is 11.1. The smallest absolute Gasteiger partial charge is 0.335 e. The Labute approximate surface area is 154 Å². The van der Waals surface area contributed by atoms with Gasteiger partial charge in [-0.05, 0) is 73.9 Å². The zero-order valence-corrected chi connectivity index (χ0v) is 15.9. The minimum absolute atomic E-state index is 0.228. The number of carboxylic acids is 1. The molecule has 0 aliphatic heterocycles. The lowest BCUT2D eigenvalue weighted by Gasteiger charge is -2.32. The molecule has 0 unspecified atom stereocenters. The van der Waals surface area contributed by atoms with Crippen molar-refractivity contribution in [2.24, 2.45) is 5.41 Å². The van der Waals surface area contributed by atoms with E-state index in [-0.39, 0.29) is 11.0 Å². The van der Waals surface area contributed by atoms with Crippen LogP contribution in [0, 0.1) is 5.41 Å². The number of fused-ring (bicyclic) bond motifs is 1. The molecule has 0 atom stereocenters. The minimum Gasteiger partial charge on any atom is -0.478 e. The van der Waals surface area contributed by atoms with E-state index in [9.17, 15) is 4.79 Å². The molecule has 0 spiro atoms. The Morgan fingerprint density at radius 1 is 1.27 bits per heavy atom. The van der Waals surface area contributed by atoms with Gasteiger partial charge in [-0.3, -0.25) is 0 Å². The quantitative estimate of drug-likeness (QED) is 0.631. The molecular formula is C23H26O3. The molecule has 1 aromatic carbocycles. The SMILES string of the molecule is CC1=C(C=C/C(C)=C/c2cc3ccc(C(=O)O)cc3o2)C(C)(C)CCC1. The standard InChI is InChI=1S/C23H26O3/c1-15(7-10-20-16(2)6-5-11-23(20,3)4)12-19-13-17-8-9-18(22(24)25)14-21(17)26-19/h7-10,12-14H,5-6,11H2,1-4H3,(H,24,25)/b10-7?,15-12+. The molecule has 0 saturated carbocycles. The predicted octanol–water partition coefficient (Wildman–Crippen LogP) is 6.62. The van der Waals surface area contributed by atoms with Crippen molar-refractivity contribution in [3.05, 3.63) is 64.5 Å². The van der Waals surface area contributed by atoms with Gasteiger partial charge in [0.25, 0.3) is 0 Å². The van der Waals surface area contributed by atoms with Crippen LogP contribution in [0.2, 0.25) is 0 Å². The Bertz CT molecular complexity index is 936. The Hall–Kier alpha value is -2.55. The average Bonchev–Trinajstić information content (AvgIpc) is 2.94. The van der Waals surface area contributed by atoms with E-state index < -0.39 is 5.97 Å². The second-order valence-corrected chi connectivity index (χ2v) is 7.86. The van der Waals surface area contributed by atoms with Crippen molar-refractivity contribution in [1.82, 2.24) is 0 Å². The van der Waals surface area contributed by atoms with Crippen molar-refractivity contribution < 1.29 is 14.3 Å². The monoisotopic (exact) mass is 350 g/mol. The topological polar surface area (TPSA) is 50.4 Å². The van der Waals surface area contributed by atoms with E-state index in [0.717, 1.165) is 16.7 Å². The first-order valence-corrected chi connectivity index (χ1v) is 9.10. The van der Waals surface area contributed by atoms with Gasteiger partial charge in [-0.2, -0.15) is 0 Å². The molecule has 1 aliphatic carbocycles. The van der Waals surface area contributed by atoms with Gasteiger partial charge < -0.3 is 9.52 Å². The zero-order valence-electron chi connectivity index (χ0n) is 15.9. The van der Waals surface area contributed by atoms with Crippen molar-refractivity contribution in [2.45, 2.75) is 47.0 Å². The highest BCUT2D eigenvalue weighted by Gasteiger charge is 2.26. The Morgan fingerprint density at radius 3 is 2.73 bits per heavy atom. The van der Waals surface area contributed by atoms with E-state index >= 15 is 0 Å². The van der Waals surface area contributed by atoms with E-state index in [2.05, 4.69) is 39.8 Å². The van der Waals surface area contributed by atoms with Crippen molar-refractivity contribution in [3.63, 3.8) is 0 Å². The van der Waals surface area contributed by atoms with Gasteiger partial charge in [-0.25, -0.2) is 4.79 Å². The second-order valence-electron chi connectivity index (χ2n) is 7.86. The number of hydrogen-bond donors (Lipinski definition) is 1. The highest BCUT2D eigenvalue weighted by molar-refractivity contribution is 5.93.